The van der Waals surface area contributed by atoms with E-state index >= 15 is 0 Å². The second kappa shape index (κ2) is 13.2. The number of aliphatic hydroxyl groups excluding tert-OH is 1. The Hall–Kier alpha value is -2.58. The van der Waals surface area contributed by atoms with E-state index in [-0.39, 0.29) is 29.6 Å². The molecular formula is C31H43N3O4S. The number of benzene rings is 1. The second-order valence-corrected chi connectivity index (χ2v) is 12.5. The summed E-state index contributed by atoms with van der Waals surface area (Å²) in [6.07, 6.45) is 9.21. The maximum Gasteiger partial charge on any atom is 0.247 e. The highest BCUT2D eigenvalue weighted by Crippen LogP contribution is 2.66. The first-order valence-corrected chi connectivity index (χ1v) is 15.3. The van der Waals surface area contributed by atoms with Crippen LogP contribution >= 0.6 is 11.8 Å². The third-order valence-corrected chi connectivity index (χ3v) is 10.4. The molecule has 212 valence electrons. The van der Waals surface area contributed by atoms with Gasteiger partial charge in [0, 0.05) is 43.7 Å². The predicted octanol–water partition coefficient (Wildman–Crippen LogP) is 4.27. The van der Waals surface area contributed by atoms with Crippen LogP contribution in [0.2, 0.25) is 0 Å². The van der Waals surface area contributed by atoms with Crippen LogP contribution in [0, 0.1) is 11.8 Å². The molecule has 3 saturated heterocycles. The maximum atomic E-state index is 14.3. The fourth-order valence-corrected chi connectivity index (χ4v) is 8.97. The normalized spacial score (nSPS) is 26.9. The largest absolute Gasteiger partial charge is 0.396 e. The van der Waals surface area contributed by atoms with Crippen LogP contribution in [-0.4, -0.2) is 81.5 Å². The van der Waals surface area contributed by atoms with E-state index < -0.39 is 22.6 Å². The van der Waals surface area contributed by atoms with E-state index in [0.29, 0.717) is 39.0 Å². The van der Waals surface area contributed by atoms with Gasteiger partial charge in [0.25, 0.3) is 0 Å². The molecular weight excluding hydrogens is 510 g/mol. The average Bonchev–Trinajstić information content (AvgIpc) is 3.59. The molecule has 39 heavy (non-hydrogen) atoms. The first-order chi connectivity index (χ1) is 18.9. The number of aliphatic hydroxyl groups is 1. The Labute approximate surface area is 237 Å². The van der Waals surface area contributed by atoms with E-state index in [0.717, 1.165) is 37.8 Å². The molecule has 8 heteroatoms. The number of carbonyl (C=O) groups is 3. The number of fused-ring (bicyclic) bond motifs is 1. The summed E-state index contributed by atoms with van der Waals surface area (Å²) in [4.78, 5) is 48.1. The zero-order chi connectivity index (χ0) is 28.0. The Morgan fingerprint density at radius 1 is 1.10 bits per heavy atom. The van der Waals surface area contributed by atoms with Crippen LogP contribution in [0.5, 0.6) is 0 Å². The lowest BCUT2D eigenvalue weighted by Gasteiger charge is -2.37. The van der Waals surface area contributed by atoms with Crippen molar-refractivity contribution in [1.82, 2.24) is 9.80 Å². The zero-order valence-electron chi connectivity index (χ0n) is 23.2. The fraction of sp³-hybridized carbons (Fsp3) is 0.581. The van der Waals surface area contributed by atoms with Crippen molar-refractivity contribution in [3.05, 3.63) is 55.6 Å². The third-order valence-electron chi connectivity index (χ3n) is 8.46. The number of para-hydroxylation sites is 1. The monoisotopic (exact) mass is 553 g/mol. The summed E-state index contributed by atoms with van der Waals surface area (Å²) < 4.78 is -0.612. The lowest BCUT2D eigenvalue weighted by Crippen LogP contribution is -2.55. The second-order valence-electron chi connectivity index (χ2n) is 10.9. The summed E-state index contributed by atoms with van der Waals surface area (Å²) in [5.74, 6) is -1.19. The predicted molar refractivity (Wildman–Crippen MR) is 157 cm³/mol. The average molecular weight is 554 g/mol. The molecule has 3 fully saturated rings. The van der Waals surface area contributed by atoms with Crippen molar-refractivity contribution in [2.75, 3.05) is 37.7 Å². The topological polar surface area (TPSA) is 81.2 Å². The van der Waals surface area contributed by atoms with Gasteiger partial charge in [-0.25, -0.2) is 0 Å². The Morgan fingerprint density at radius 3 is 2.51 bits per heavy atom. The zero-order valence-corrected chi connectivity index (χ0v) is 24.0. The van der Waals surface area contributed by atoms with Gasteiger partial charge < -0.3 is 19.8 Å². The molecule has 0 aromatic heterocycles. The van der Waals surface area contributed by atoms with E-state index in [1.54, 1.807) is 33.7 Å². The SMILES string of the molecule is C=CCN(CCCCC)C(=O)C1N(CCCCO)C(=O)[C@@H]2[C@H](C(=O)N(CC=C)c3ccccc3)[C@@H]3CCC12S3. The van der Waals surface area contributed by atoms with Crippen molar-refractivity contribution in [2.24, 2.45) is 11.8 Å². The lowest BCUT2D eigenvalue weighted by atomic mass is 9.70. The van der Waals surface area contributed by atoms with Crippen LogP contribution in [0.25, 0.3) is 0 Å². The van der Waals surface area contributed by atoms with Gasteiger partial charge in [0.2, 0.25) is 17.7 Å². The molecule has 5 atom stereocenters. The quantitative estimate of drug-likeness (QED) is 0.259. The molecule has 7 nitrogen and oxygen atoms in total. The first kappa shape index (κ1) is 29.4. The number of hydrogen-bond donors (Lipinski definition) is 1. The highest BCUT2D eigenvalue weighted by molar-refractivity contribution is 8.02. The number of thioether (sulfide) groups is 1. The van der Waals surface area contributed by atoms with Crippen LogP contribution < -0.4 is 4.90 Å². The van der Waals surface area contributed by atoms with E-state index in [4.69, 9.17) is 0 Å². The van der Waals surface area contributed by atoms with Gasteiger partial charge >= 0.3 is 0 Å². The van der Waals surface area contributed by atoms with Gasteiger partial charge in [0.05, 0.1) is 16.6 Å². The number of rotatable bonds is 15. The van der Waals surface area contributed by atoms with E-state index in [2.05, 4.69) is 20.1 Å². The Morgan fingerprint density at radius 2 is 1.85 bits per heavy atom. The van der Waals surface area contributed by atoms with Crippen molar-refractivity contribution in [2.45, 2.75) is 67.9 Å². The van der Waals surface area contributed by atoms with Crippen molar-refractivity contribution in [3.8, 4) is 0 Å². The van der Waals surface area contributed by atoms with Gasteiger partial charge in [-0.15, -0.1) is 24.9 Å². The van der Waals surface area contributed by atoms with Gasteiger partial charge in [0.1, 0.15) is 6.04 Å². The molecule has 0 saturated carbocycles. The van der Waals surface area contributed by atoms with Gasteiger partial charge in [-0.05, 0) is 44.2 Å². The Kier molecular flexibility index (Phi) is 9.94. The molecule has 1 spiro atoms. The summed E-state index contributed by atoms with van der Waals surface area (Å²) in [5, 5.41) is 9.41. The minimum atomic E-state index is -0.612. The fourth-order valence-electron chi connectivity index (χ4n) is 6.76. The highest BCUT2D eigenvalue weighted by Gasteiger charge is 2.74. The number of likely N-dealkylation sites (tertiary alicyclic amines) is 1. The molecule has 0 radical (unpaired) electrons. The summed E-state index contributed by atoms with van der Waals surface area (Å²) in [6.45, 7) is 11.8. The lowest BCUT2D eigenvalue weighted by molar-refractivity contribution is -0.142. The molecule has 2 bridgehead atoms. The van der Waals surface area contributed by atoms with Gasteiger partial charge in [-0.2, -0.15) is 0 Å². The number of anilines is 1. The van der Waals surface area contributed by atoms with Crippen LogP contribution in [0.15, 0.2) is 55.6 Å². The molecule has 3 heterocycles. The van der Waals surface area contributed by atoms with Crippen molar-refractivity contribution >= 4 is 35.2 Å². The van der Waals surface area contributed by atoms with E-state index in [1.807, 2.05) is 35.2 Å². The molecule has 1 aromatic carbocycles. The standard InChI is InChI=1S/C31H43N3O4S/c1-4-7-11-20-32(18-5-2)30(38)27-31-17-16-24(39-31)25(26(31)29(37)34(27)21-12-13-22-35)28(36)33(19-6-3)23-14-9-8-10-15-23/h5-6,8-10,14-15,24-27,35H,2-4,7,11-13,16-22H2,1H3/t24-,25+,26-,27?,31?/m0/s1. The Balaban J connectivity index is 1.69. The third kappa shape index (κ3) is 5.55. The van der Waals surface area contributed by atoms with Crippen molar-refractivity contribution in [3.63, 3.8) is 0 Å². The first-order valence-electron chi connectivity index (χ1n) is 14.4. The summed E-state index contributed by atoms with van der Waals surface area (Å²) in [5.41, 5.74) is 0.787. The van der Waals surface area contributed by atoms with Crippen molar-refractivity contribution < 1.29 is 19.5 Å². The number of amides is 3. The molecule has 3 aliphatic heterocycles. The van der Waals surface area contributed by atoms with Crippen LogP contribution in [-0.2, 0) is 14.4 Å². The molecule has 1 N–H and O–H groups in total. The van der Waals surface area contributed by atoms with Gasteiger partial charge in [-0.3, -0.25) is 14.4 Å². The van der Waals surface area contributed by atoms with Gasteiger partial charge in [-0.1, -0.05) is 50.1 Å². The van der Waals surface area contributed by atoms with E-state index in [9.17, 15) is 19.5 Å². The van der Waals surface area contributed by atoms with Crippen molar-refractivity contribution in [1.29, 1.82) is 0 Å². The minimum absolute atomic E-state index is 0.00492. The highest BCUT2D eigenvalue weighted by atomic mass is 32.2. The minimum Gasteiger partial charge on any atom is -0.396 e. The van der Waals surface area contributed by atoms with E-state index in [1.165, 1.54) is 0 Å². The number of carbonyl (C=O) groups excluding carboxylic acids is 3. The molecule has 2 unspecified atom stereocenters. The number of hydrogen-bond acceptors (Lipinski definition) is 5. The molecule has 3 aliphatic rings. The Bertz CT molecular complexity index is 1050. The molecule has 3 amide bonds. The summed E-state index contributed by atoms with van der Waals surface area (Å²) >= 11 is 1.71. The number of unbranched alkanes of at least 4 members (excludes halogenated alkanes) is 3. The molecule has 1 aromatic rings. The van der Waals surface area contributed by atoms with Gasteiger partial charge in [0.15, 0.2) is 0 Å². The van der Waals surface area contributed by atoms with Crippen LogP contribution in [0.3, 0.4) is 0 Å². The molecule has 4 rings (SSSR count). The number of nitrogens with zero attached hydrogens (tertiary/aromatic N) is 3. The summed E-state index contributed by atoms with van der Waals surface area (Å²) in [6, 6.07) is 8.93. The molecule has 0 aliphatic carbocycles. The summed E-state index contributed by atoms with van der Waals surface area (Å²) in [7, 11) is 0. The van der Waals surface area contributed by atoms with Crippen LogP contribution in [0.4, 0.5) is 5.69 Å². The smallest absolute Gasteiger partial charge is 0.247 e. The maximum absolute atomic E-state index is 14.3. The van der Waals surface area contributed by atoms with Crippen LogP contribution in [0.1, 0.15) is 51.9 Å².